The first-order chi connectivity index (χ1) is 15.6. The van der Waals surface area contributed by atoms with Crippen LogP contribution in [-0.4, -0.2) is 17.7 Å². The summed E-state index contributed by atoms with van der Waals surface area (Å²) in [5.41, 5.74) is 4.03. The van der Waals surface area contributed by atoms with E-state index in [9.17, 15) is 10.1 Å². The molecule has 0 aliphatic carbocycles. The zero-order valence-electron chi connectivity index (χ0n) is 18.0. The molecule has 2 heterocycles. The van der Waals surface area contributed by atoms with E-state index in [1.807, 2.05) is 42.5 Å². The monoisotopic (exact) mass is 428 g/mol. The van der Waals surface area contributed by atoms with Gasteiger partial charge in [0.15, 0.2) is 0 Å². The summed E-state index contributed by atoms with van der Waals surface area (Å²) in [7, 11) is 1.64. The second-order valence-electron chi connectivity index (χ2n) is 7.33. The van der Waals surface area contributed by atoms with E-state index in [-0.39, 0.29) is 6.03 Å². The minimum absolute atomic E-state index is 0.309. The Hall–Kier alpha value is -4.18. The molecule has 0 fully saturated rings. The van der Waals surface area contributed by atoms with Gasteiger partial charge in [0.2, 0.25) is 0 Å². The predicted molar refractivity (Wildman–Crippen MR) is 123 cm³/mol. The lowest BCUT2D eigenvalue weighted by atomic mass is 10.1. The molecule has 0 atom stereocenters. The van der Waals surface area contributed by atoms with Crippen LogP contribution in [0, 0.1) is 11.3 Å². The first-order valence-corrected chi connectivity index (χ1v) is 10.4. The molecule has 2 aromatic heterocycles. The summed E-state index contributed by atoms with van der Waals surface area (Å²) in [6, 6.07) is 18.9. The number of hydrogen-bond acceptors (Lipinski definition) is 4. The first-order valence-electron chi connectivity index (χ1n) is 10.4. The quantitative estimate of drug-likeness (QED) is 0.406. The summed E-state index contributed by atoms with van der Waals surface area (Å²) in [6.45, 7) is 3.19. The van der Waals surface area contributed by atoms with Gasteiger partial charge in [-0.2, -0.15) is 5.26 Å². The molecule has 2 aromatic carbocycles. The standard InChI is InChI=1S/C25H24N4O3/c1-3-12-29-23-14-19(31-2)10-11-21(23)22(15-26)24(29)17-6-8-18(9-7-17)28-25(30)27-16-20-5-4-13-32-20/h4-11,13-14H,3,12,16H2,1-2H3,(H2,27,28,30). The van der Waals surface area contributed by atoms with Gasteiger partial charge in [0, 0.05) is 23.7 Å². The third-order valence-corrected chi connectivity index (χ3v) is 5.25. The average Bonchev–Trinajstić information content (AvgIpc) is 3.44. The van der Waals surface area contributed by atoms with Crippen LogP contribution in [0.4, 0.5) is 10.5 Å². The summed E-state index contributed by atoms with van der Waals surface area (Å²) in [5.74, 6) is 1.43. The number of urea groups is 1. The van der Waals surface area contributed by atoms with Crippen LogP contribution in [0.1, 0.15) is 24.7 Å². The number of aryl methyl sites for hydroxylation is 1. The van der Waals surface area contributed by atoms with Gasteiger partial charge in [0.1, 0.15) is 17.6 Å². The van der Waals surface area contributed by atoms with Gasteiger partial charge >= 0.3 is 6.03 Å². The Labute approximate surface area is 186 Å². The molecule has 4 aromatic rings. The number of nitriles is 1. The maximum absolute atomic E-state index is 12.2. The van der Waals surface area contributed by atoms with Crippen LogP contribution in [0.3, 0.4) is 0 Å². The Kier molecular flexibility index (Phi) is 6.13. The van der Waals surface area contributed by atoms with Gasteiger partial charge in [-0.3, -0.25) is 0 Å². The fourth-order valence-electron chi connectivity index (χ4n) is 3.79. The van der Waals surface area contributed by atoms with E-state index >= 15 is 0 Å². The first kappa shape index (κ1) is 21.1. The van der Waals surface area contributed by atoms with Crippen molar-refractivity contribution >= 4 is 22.6 Å². The zero-order valence-corrected chi connectivity index (χ0v) is 18.0. The smallest absolute Gasteiger partial charge is 0.319 e. The number of fused-ring (bicyclic) bond motifs is 1. The highest BCUT2D eigenvalue weighted by atomic mass is 16.5. The van der Waals surface area contributed by atoms with Crippen LogP contribution in [0.5, 0.6) is 5.75 Å². The van der Waals surface area contributed by atoms with Gasteiger partial charge in [-0.1, -0.05) is 19.1 Å². The van der Waals surface area contributed by atoms with E-state index in [0.717, 1.165) is 40.9 Å². The molecule has 0 aliphatic heterocycles. The Morgan fingerprint density at radius 1 is 1.19 bits per heavy atom. The number of carbonyl (C=O) groups excluding carboxylic acids is 1. The zero-order chi connectivity index (χ0) is 22.5. The van der Waals surface area contributed by atoms with Gasteiger partial charge in [0.25, 0.3) is 0 Å². The number of methoxy groups -OCH3 is 1. The van der Waals surface area contributed by atoms with Crippen molar-refractivity contribution in [3.05, 3.63) is 72.2 Å². The number of benzene rings is 2. The highest BCUT2D eigenvalue weighted by Crippen LogP contribution is 2.36. The van der Waals surface area contributed by atoms with Crippen molar-refractivity contribution in [2.75, 3.05) is 12.4 Å². The number of nitrogens with one attached hydrogen (secondary N) is 2. The van der Waals surface area contributed by atoms with Crippen molar-refractivity contribution in [1.29, 1.82) is 5.26 Å². The third-order valence-electron chi connectivity index (χ3n) is 5.25. The van der Waals surface area contributed by atoms with Gasteiger partial charge in [-0.25, -0.2) is 4.79 Å². The van der Waals surface area contributed by atoms with Crippen LogP contribution in [0.25, 0.3) is 22.2 Å². The minimum atomic E-state index is -0.320. The Morgan fingerprint density at radius 3 is 2.66 bits per heavy atom. The SMILES string of the molecule is CCCn1c(-c2ccc(NC(=O)NCc3ccco3)cc2)c(C#N)c2ccc(OC)cc21. The molecule has 0 saturated carbocycles. The van der Waals surface area contributed by atoms with E-state index in [0.29, 0.717) is 23.6 Å². The fourth-order valence-corrected chi connectivity index (χ4v) is 3.79. The van der Waals surface area contributed by atoms with E-state index in [1.54, 1.807) is 25.5 Å². The number of nitrogens with zero attached hydrogens (tertiary/aromatic N) is 2. The Morgan fingerprint density at radius 2 is 2.00 bits per heavy atom. The van der Waals surface area contributed by atoms with Crippen molar-refractivity contribution < 1.29 is 13.9 Å². The lowest BCUT2D eigenvalue weighted by Crippen LogP contribution is -2.27. The van der Waals surface area contributed by atoms with Gasteiger partial charge in [-0.05, 0) is 48.4 Å². The van der Waals surface area contributed by atoms with Crippen molar-refractivity contribution in [2.24, 2.45) is 0 Å². The van der Waals surface area contributed by atoms with Crippen molar-refractivity contribution in [2.45, 2.75) is 26.4 Å². The van der Waals surface area contributed by atoms with Gasteiger partial charge in [0.05, 0.1) is 36.7 Å². The predicted octanol–water partition coefficient (Wildman–Crippen LogP) is 5.51. The molecule has 0 radical (unpaired) electrons. The molecule has 0 bridgehead atoms. The summed E-state index contributed by atoms with van der Waals surface area (Å²) in [6.07, 6.45) is 2.49. The molecule has 2 N–H and O–H groups in total. The van der Waals surface area contributed by atoms with Crippen LogP contribution < -0.4 is 15.4 Å². The van der Waals surface area contributed by atoms with Gasteiger partial charge < -0.3 is 24.4 Å². The number of ether oxygens (including phenoxy) is 1. The van der Waals surface area contributed by atoms with Gasteiger partial charge in [-0.15, -0.1) is 0 Å². The molecule has 32 heavy (non-hydrogen) atoms. The summed E-state index contributed by atoms with van der Waals surface area (Å²) >= 11 is 0. The number of amides is 2. The lowest BCUT2D eigenvalue weighted by Gasteiger charge is -2.12. The summed E-state index contributed by atoms with van der Waals surface area (Å²) in [4.78, 5) is 12.2. The van der Waals surface area contributed by atoms with E-state index in [1.165, 1.54) is 0 Å². The number of rotatable bonds is 7. The molecular formula is C25H24N4O3. The molecule has 2 amide bonds. The lowest BCUT2D eigenvalue weighted by molar-refractivity contribution is 0.251. The van der Waals surface area contributed by atoms with Crippen LogP contribution in [0.15, 0.2) is 65.3 Å². The largest absolute Gasteiger partial charge is 0.497 e. The molecule has 4 rings (SSSR count). The molecule has 0 saturated heterocycles. The molecule has 0 spiro atoms. The van der Waals surface area contributed by atoms with E-state index in [4.69, 9.17) is 9.15 Å². The van der Waals surface area contributed by atoms with E-state index in [2.05, 4.69) is 28.2 Å². The molecule has 0 unspecified atom stereocenters. The normalized spacial score (nSPS) is 10.7. The Bertz CT molecular complexity index is 1270. The molecule has 162 valence electrons. The topological polar surface area (TPSA) is 92.2 Å². The fraction of sp³-hybridized carbons (Fsp3) is 0.200. The molecule has 7 nitrogen and oxygen atoms in total. The average molecular weight is 428 g/mol. The second kappa shape index (κ2) is 9.31. The number of furan rings is 1. The minimum Gasteiger partial charge on any atom is -0.497 e. The van der Waals surface area contributed by atoms with Crippen molar-refractivity contribution in [3.63, 3.8) is 0 Å². The molecular weight excluding hydrogens is 404 g/mol. The highest BCUT2D eigenvalue weighted by molar-refractivity contribution is 5.96. The van der Waals surface area contributed by atoms with E-state index < -0.39 is 0 Å². The Balaban J connectivity index is 1.61. The number of aromatic nitrogens is 1. The number of hydrogen-bond donors (Lipinski definition) is 2. The van der Waals surface area contributed by atoms with Crippen LogP contribution >= 0.6 is 0 Å². The maximum atomic E-state index is 12.2. The van der Waals surface area contributed by atoms with Crippen LogP contribution in [-0.2, 0) is 13.1 Å². The number of carbonyl (C=O) groups is 1. The summed E-state index contributed by atoms with van der Waals surface area (Å²) in [5, 5.41) is 16.4. The highest BCUT2D eigenvalue weighted by Gasteiger charge is 2.19. The second-order valence-corrected chi connectivity index (χ2v) is 7.33. The van der Waals surface area contributed by atoms with Crippen LogP contribution in [0.2, 0.25) is 0 Å². The third kappa shape index (κ3) is 4.16. The summed E-state index contributed by atoms with van der Waals surface area (Å²) < 4.78 is 12.8. The molecule has 0 aliphatic rings. The maximum Gasteiger partial charge on any atom is 0.319 e. The molecule has 7 heteroatoms. The van der Waals surface area contributed by atoms with Crippen molar-refractivity contribution in [1.82, 2.24) is 9.88 Å². The number of anilines is 1. The van der Waals surface area contributed by atoms with Crippen molar-refractivity contribution in [3.8, 4) is 23.1 Å².